The lowest BCUT2D eigenvalue weighted by atomic mass is 10.2. The average molecular weight is 602 g/mol. The second-order valence-electron chi connectivity index (χ2n) is 9.05. The Balaban J connectivity index is 1.46. The van der Waals surface area contributed by atoms with Crippen LogP contribution < -0.4 is 20.8 Å². The Kier molecular flexibility index (Phi) is 6.86. The number of anilines is 1. The van der Waals surface area contributed by atoms with E-state index in [-0.39, 0.29) is 26.4 Å². The van der Waals surface area contributed by atoms with Crippen LogP contribution in [0.2, 0.25) is 5.02 Å². The third-order valence-corrected chi connectivity index (χ3v) is 8.13. The molecule has 204 valence electrons. The number of carbonyl (C=O) groups excluding carboxylic acids is 1. The first-order chi connectivity index (χ1) is 19.7. The monoisotopic (exact) mass is 601 g/mol. The molecule has 0 N–H and O–H groups in total. The van der Waals surface area contributed by atoms with Gasteiger partial charge in [-0.25, -0.2) is 4.68 Å². The molecule has 1 saturated heterocycles. The van der Waals surface area contributed by atoms with E-state index >= 15 is 0 Å². The highest BCUT2D eigenvalue weighted by atomic mass is 35.5. The Bertz CT molecular complexity index is 2010. The van der Waals surface area contributed by atoms with E-state index in [1.165, 1.54) is 20.1 Å². The molecule has 0 atom stereocenters. The number of carbonyl (C=O) groups is 1. The number of halogens is 1. The molecule has 1 fully saturated rings. The van der Waals surface area contributed by atoms with E-state index in [1.807, 2.05) is 18.2 Å². The molecular formula is C29H20ClN5O4S2. The molecule has 0 bridgehead atoms. The standard InChI is InChI=1S/C29H20ClN5O4S2/c1-17-24(28(38)35(32(17)2)19-8-4-3-5-9-19)34-27(37)22(41-29(34)40)16-21-25(39-20-13-11-18(30)12-14-20)31-23-10-6-7-15-33(23)26(21)36/h3-16H,1-2H3/b22-16-. The minimum absolute atomic E-state index is 0.0103. The lowest BCUT2D eigenvalue weighted by molar-refractivity contribution is -0.113. The smallest absolute Gasteiger partial charge is 0.296 e. The fraction of sp³-hybridized carbons (Fsp3) is 0.0690. The lowest BCUT2D eigenvalue weighted by Crippen LogP contribution is -2.33. The predicted octanol–water partition coefficient (Wildman–Crippen LogP) is 5.34. The summed E-state index contributed by atoms with van der Waals surface area (Å²) in [5, 5.41) is 0.523. The van der Waals surface area contributed by atoms with E-state index in [4.69, 9.17) is 28.6 Å². The number of para-hydroxylation sites is 1. The number of thioether (sulfide) groups is 1. The summed E-state index contributed by atoms with van der Waals surface area (Å²) >= 11 is 12.6. The first-order valence-electron chi connectivity index (χ1n) is 12.3. The van der Waals surface area contributed by atoms with Gasteiger partial charge in [0.1, 0.15) is 22.6 Å². The zero-order valence-electron chi connectivity index (χ0n) is 21.6. The van der Waals surface area contributed by atoms with Crippen molar-refractivity contribution in [1.29, 1.82) is 0 Å². The fourth-order valence-corrected chi connectivity index (χ4v) is 5.88. The maximum Gasteiger partial charge on any atom is 0.296 e. The molecule has 12 heteroatoms. The minimum atomic E-state index is -0.527. The van der Waals surface area contributed by atoms with Crippen LogP contribution >= 0.6 is 35.6 Å². The Hall–Kier alpha value is -4.45. The van der Waals surface area contributed by atoms with Crippen LogP contribution in [-0.4, -0.2) is 29.0 Å². The van der Waals surface area contributed by atoms with Gasteiger partial charge in [0, 0.05) is 18.3 Å². The minimum Gasteiger partial charge on any atom is -0.438 e. The normalized spacial score (nSPS) is 14.4. The second kappa shape index (κ2) is 10.5. The van der Waals surface area contributed by atoms with Gasteiger partial charge in [0.15, 0.2) is 4.32 Å². The zero-order chi connectivity index (χ0) is 28.8. The molecule has 0 radical (unpaired) electrons. The SMILES string of the molecule is Cc1c(N2C(=O)/C(=C/c3c(Oc4ccc(Cl)cc4)nc4ccccn4c3=O)SC2=S)c(=O)n(-c2ccccc2)n1C. The van der Waals surface area contributed by atoms with Gasteiger partial charge in [-0.15, -0.1) is 0 Å². The molecule has 0 unspecified atom stereocenters. The summed E-state index contributed by atoms with van der Waals surface area (Å²) in [5.41, 5.74) is 0.932. The molecule has 5 aromatic rings. The number of hydrogen-bond donors (Lipinski definition) is 0. The summed E-state index contributed by atoms with van der Waals surface area (Å²) in [6.45, 7) is 1.75. The summed E-state index contributed by atoms with van der Waals surface area (Å²) in [4.78, 5) is 46.9. The fourth-order valence-electron chi connectivity index (χ4n) is 4.50. The molecule has 1 aliphatic heterocycles. The van der Waals surface area contributed by atoms with Gasteiger partial charge in [-0.3, -0.25) is 28.4 Å². The molecule has 0 spiro atoms. The van der Waals surface area contributed by atoms with Crippen molar-refractivity contribution in [2.45, 2.75) is 6.92 Å². The van der Waals surface area contributed by atoms with Crippen LogP contribution in [0.1, 0.15) is 11.3 Å². The number of benzene rings is 2. The van der Waals surface area contributed by atoms with Gasteiger partial charge in [0.25, 0.3) is 17.0 Å². The van der Waals surface area contributed by atoms with Crippen LogP contribution in [-0.2, 0) is 11.8 Å². The number of ether oxygens (including phenoxy) is 1. The van der Waals surface area contributed by atoms with E-state index < -0.39 is 17.0 Å². The van der Waals surface area contributed by atoms with Gasteiger partial charge in [0.2, 0.25) is 5.88 Å². The number of hydrogen-bond acceptors (Lipinski definition) is 7. The van der Waals surface area contributed by atoms with E-state index in [9.17, 15) is 14.4 Å². The van der Waals surface area contributed by atoms with Crippen molar-refractivity contribution in [1.82, 2.24) is 18.7 Å². The Morgan fingerprint density at radius 2 is 1.66 bits per heavy atom. The molecule has 2 aromatic carbocycles. The summed E-state index contributed by atoms with van der Waals surface area (Å²) in [6.07, 6.45) is 2.99. The molecule has 9 nitrogen and oxygen atoms in total. The van der Waals surface area contributed by atoms with Crippen LogP contribution in [0, 0.1) is 6.92 Å². The van der Waals surface area contributed by atoms with Crippen molar-refractivity contribution in [3.05, 3.63) is 121 Å². The van der Waals surface area contributed by atoms with Gasteiger partial charge in [-0.05, 0) is 61.5 Å². The van der Waals surface area contributed by atoms with Crippen molar-refractivity contribution < 1.29 is 9.53 Å². The van der Waals surface area contributed by atoms with Gasteiger partial charge >= 0.3 is 0 Å². The van der Waals surface area contributed by atoms with E-state index in [2.05, 4.69) is 4.98 Å². The molecule has 0 saturated carbocycles. The van der Waals surface area contributed by atoms with E-state index in [0.29, 0.717) is 27.8 Å². The lowest BCUT2D eigenvalue weighted by Gasteiger charge is -2.12. The Morgan fingerprint density at radius 1 is 0.951 bits per heavy atom. The Morgan fingerprint density at radius 3 is 2.39 bits per heavy atom. The van der Waals surface area contributed by atoms with Crippen LogP contribution in [0.4, 0.5) is 5.69 Å². The number of pyridine rings is 1. The number of amides is 1. The van der Waals surface area contributed by atoms with Crippen LogP contribution in [0.3, 0.4) is 0 Å². The molecule has 0 aliphatic carbocycles. The first kappa shape index (κ1) is 26.8. The highest BCUT2D eigenvalue weighted by Gasteiger charge is 2.38. The van der Waals surface area contributed by atoms with Crippen molar-refractivity contribution in [3.63, 3.8) is 0 Å². The Labute approximate surface area is 247 Å². The van der Waals surface area contributed by atoms with Crippen molar-refractivity contribution in [2.75, 3.05) is 4.90 Å². The van der Waals surface area contributed by atoms with Gasteiger partial charge < -0.3 is 4.74 Å². The topological polar surface area (TPSA) is 90.8 Å². The molecule has 4 heterocycles. The number of thiocarbonyl (C=S) groups is 1. The third-order valence-electron chi connectivity index (χ3n) is 6.58. The van der Waals surface area contributed by atoms with E-state index in [1.54, 1.807) is 79.4 Å². The van der Waals surface area contributed by atoms with Crippen LogP contribution in [0.15, 0.2) is 93.5 Å². The third kappa shape index (κ3) is 4.67. The highest BCUT2D eigenvalue weighted by molar-refractivity contribution is 8.27. The van der Waals surface area contributed by atoms with Crippen LogP contribution in [0.5, 0.6) is 11.6 Å². The molecule has 41 heavy (non-hydrogen) atoms. The number of nitrogens with zero attached hydrogens (tertiary/aromatic N) is 5. The predicted molar refractivity (Wildman–Crippen MR) is 164 cm³/mol. The molecule has 6 rings (SSSR count). The number of fused-ring (bicyclic) bond motifs is 1. The summed E-state index contributed by atoms with van der Waals surface area (Å²) in [5.74, 6) is -0.109. The average Bonchev–Trinajstić information content (AvgIpc) is 3.36. The molecule has 1 aliphatic rings. The summed E-state index contributed by atoms with van der Waals surface area (Å²) in [7, 11) is 1.74. The van der Waals surface area contributed by atoms with Gasteiger partial charge in [0.05, 0.1) is 16.3 Å². The quantitative estimate of drug-likeness (QED) is 0.198. The maximum absolute atomic E-state index is 13.8. The van der Waals surface area contributed by atoms with Crippen molar-refractivity contribution in [3.8, 4) is 17.3 Å². The maximum atomic E-state index is 13.8. The van der Waals surface area contributed by atoms with Crippen molar-refractivity contribution in [2.24, 2.45) is 7.05 Å². The summed E-state index contributed by atoms with van der Waals surface area (Å²) in [6, 6.07) is 20.8. The second-order valence-corrected chi connectivity index (χ2v) is 11.2. The molecule has 3 aromatic heterocycles. The molecule has 1 amide bonds. The van der Waals surface area contributed by atoms with Crippen molar-refractivity contribution >= 4 is 63.2 Å². The molecular weight excluding hydrogens is 582 g/mol. The van der Waals surface area contributed by atoms with Gasteiger partial charge in [-0.1, -0.05) is 59.8 Å². The van der Waals surface area contributed by atoms with Gasteiger partial charge in [-0.2, -0.15) is 4.98 Å². The van der Waals surface area contributed by atoms with E-state index in [0.717, 1.165) is 11.8 Å². The summed E-state index contributed by atoms with van der Waals surface area (Å²) < 4.78 is 10.7. The number of rotatable bonds is 5. The number of aromatic nitrogens is 4. The zero-order valence-corrected chi connectivity index (χ0v) is 24.0. The largest absolute Gasteiger partial charge is 0.438 e. The first-order valence-corrected chi connectivity index (χ1v) is 13.9. The highest BCUT2D eigenvalue weighted by Crippen LogP contribution is 2.37. The van der Waals surface area contributed by atoms with Crippen LogP contribution in [0.25, 0.3) is 17.4 Å².